The van der Waals surface area contributed by atoms with Gasteiger partial charge in [-0.05, 0) is 54.6 Å². The maximum atomic E-state index is 12.5. The predicted octanol–water partition coefficient (Wildman–Crippen LogP) is 4.83. The number of nitrogens with zero attached hydrogens (tertiary/aromatic N) is 2. The molecule has 2 N–H and O–H groups in total. The van der Waals surface area contributed by atoms with Crippen LogP contribution < -0.4 is 15.5 Å². The van der Waals surface area contributed by atoms with Gasteiger partial charge in [-0.3, -0.25) is 19.7 Å². The molecule has 0 unspecified atom stereocenters. The van der Waals surface area contributed by atoms with Crippen LogP contribution in [0.25, 0.3) is 0 Å². The number of anilines is 1. The van der Waals surface area contributed by atoms with Crippen LogP contribution in [-0.2, 0) is 4.79 Å². The van der Waals surface area contributed by atoms with Crippen LogP contribution in [0.3, 0.4) is 0 Å². The van der Waals surface area contributed by atoms with Crippen LogP contribution in [0.1, 0.15) is 40.1 Å². The molecule has 11 heteroatoms. The fourth-order valence-corrected chi connectivity index (χ4v) is 2.93. The van der Waals surface area contributed by atoms with Gasteiger partial charge in [-0.15, -0.1) is 0 Å². The number of hydrogen-bond donors (Lipinski definition) is 2. The predicted molar refractivity (Wildman–Crippen MR) is 134 cm³/mol. The molecule has 0 aliphatic carbocycles. The molecule has 0 atom stereocenters. The molecule has 0 saturated heterocycles. The summed E-state index contributed by atoms with van der Waals surface area (Å²) in [5.41, 5.74) is 3.18. The third kappa shape index (κ3) is 6.97. The Bertz CT molecular complexity index is 1320. The van der Waals surface area contributed by atoms with Crippen LogP contribution in [-0.4, -0.2) is 28.9 Å². The van der Waals surface area contributed by atoms with Gasteiger partial charge in [0.15, 0.2) is 0 Å². The number of amides is 2. The number of carbonyl (C=O) groups excluding carboxylic acids is 3. The fourth-order valence-electron chi connectivity index (χ4n) is 2.80. The molecular weight excluding hydrogens is 488 g/mol. The van der Waals surface area contributed by atoms with E-state index in [0.29, 0.717) is 10.7 Å². The zero-order valence-corrected chi connectivity index (χ0v) is 20.0. The fraction of sp³-hybridized carbons (Fsp3) is 0.120. The standard InChI is InChI=1S/C25H21ClN4O6/c1-15(2)23(31)28-20-9-5-16(6-10-20)24(32)29-27-14-18-13-21(30(34)35)11-12-22(18)36-25(33)17-3-7-19(26)8-4-17/h3-15H,1-2H3,(H,28,31)(H,29,32)/b27-14+. The highest BCUT2D eigenvalue weighted by molar-refractivity contribution is 6.30. The number of nitrogens with one attached hydrogen (secondary N) is 2. The van der Waals surface area contributed by atoms with Crippen LogP contribution in [0.5, 0.6) is 5.75 Å². The number of rotatable bonds is 8. The topological polar surface area (TPSA) is 140 Å². The van der Waals surface area contributed by atoms with Crippen LogP contribution >= 0.6 is 11.6 Å². The van der Waals surface area contributed by atoms with Gasteiger partial charge < -0.3 is 10.1 Å². The molecule has 0 aliphatic rings. The number of nitro benzene ring substituents is 1. The number of esters is 1. The molecule has 0 heterocycles. The maximum Gasteiger partial charge on any atom is 0.343 e. The molecule has 0 aliphatic heterocycles. The van der Waals surface area contributed by atoms with Gasteiger partial charge in [-0.25, -0.2) is 10.2 Å². The van der Waals surface area contributed by atoms with Gasteiger partial charge in [0.1, 0.15) is 5.75 Å². The summed E-state index contributed by atoms with van der Waals surface area (Å²) in [7, 11) is 0. The van der Waals surface area contributed by atoms with Crippen molar-refractivity contribution in [2.45, 2.75) is 13.8 Å². The minimum atomic E-state index is -0.705. The number of nitro groups is 1. The number of hydrogen-bond acceptors (Lipinski definition) is 7. The lowest BCUT2D eigenvalue weighted by Crippen LogP contribution is -2.19. The molecule has 0 aromatic heterocycles. The van der Waals surface area contributed by atoms with E-state index >= 15 is 0 Å². The highest BCUT2D eigenvalue weighted by Gasteiger charge is 2.15. The monoisotopic (exact) mass is 508 g/mol. The summed E-state index contributed by atoms with van der Waals surface area (Å²) in [6.45, 7) is 3.53. The Hall–Kier alpha value is -4.57. The van der Waals surface area contributed by atoms with E-state index in [9.17, 15) is 24.5 Å². The van der Waals surface area contributed by atoms with Crippen LogP contribution in [0.2, 0.25) is 5.02 Å². The zero-order chi connectivity index (χ0) is 26.2. The molecule has 3 aromatic rings. The zero-order valence-electron chi connectivity index (χ0n) is 19.2. The van der Waals surface area contributed by atoms with Crippen molar-refractivity contribution in [3.8, 4) is 5.75 Å². The largest absolute Gasteiger partial charge is 0.422 e. The molecular formula is C25H21ClN4O6. The number of hydrazone groups is 1. The first-order chi connectivity index (χ1) is 17.1. The lowest BCUT2D eigenvalue weighted by atomic mass is 10.1. The van der Waals surface area contributed by atoms with Crippen molar-refractivity contribution < 1.29 is 24.0 Å². The summed E-state index contributed by atoms with van der Waals surface area (Å²) < 4.78 is 5.37. The molecule has 184 valence electrons. The van der Waals surface area contributed by atoms with Crippen LogP contribution in [0.15, 0.2) is 71.8 Å². The van der Waals surface area contributed by atoms with Crippen molar-refractivity contribution in [1.29, 1.82) is 0 Å². The summed E-state index contributed by atoms with van der Waals surface area (Å²) in [6, 6.07) is 15.8. The van der Waals surface area contributed by atoms with E-state index < -0.39 is 16.8 Å². The molecule has 0 saturated carbocycles. The first-order valence-electron chi connectivity index (χ1n) is 10.6. The number of carbonyl (C=O) groups is 3. The van der Waals surface area contributed by atoms with Gasteiger partial charge in [0, 0.05) is 39.9 Å². The lowest BCUT2D eigenvalue weighted by molar-refractivity contribution is -0.384. The third-order valence-corrected chi connectivity index (χ3v) is 5.05. The van der Waals surface area contributed by atoms with Gasteiger partial charge in [-0.1, -0.05) is 25.4 Å². The summed E-state index contributed by atoms with van der Waals surface area (Å²) in [5, 5.41) is 18.2. The van der Waals surface area contributed by atoms with Crippen molar-refractivity contribution in [1.82, 2.24) is 5.43 Å². The van der Waals surface area contributed by atoms with Crippen LogP contribution in [0.4, 0.5) is 11.4 Å². The molecule has 10 nitrogen and oxygen atoms in total. The van der Waals surface area contributed by atoms with Gasteiger partial charge in [0.2, 0.25) is 5.91 Å². The van der Waals surface area contributed by atoms with Crippen molar-refractivity contribution in [2.24, 2.45) is 11.0 Å². The molecule has 36 heavy (non-hydrogen) atoms. The minimum absolute atomic E-state index is 0.00351. The second kappa shape index (κ2) is 11.7. The minimum Gasteiger partial charge on any atom is -0.422 e. The molecule has 2 amide bonds. The van der Waals surface area contributed by atoms with E-state index in [4.69, 9.17) is 16.3 Å². The summed E-state index contributed by atoms with van der Waals surface area (Å²) in [5.74, 6) is -1.60. The van der Waals surface area contributed by atoms with E-state index in [-0.39, 0.29) is 40.0 Å². The Morgan fingerprint density at radius 3 is 2.25 bits per heavy atom. The normalized spacial score (nSPS) is 10.8. The van der Waals surface area contributed by atoms with Crippen molar-refractivity contribution in [3.63, 3.8) is 0 Å². The van der Waals surface area contributed by atoms with Gasteiger partial charge >= 0.3 is 5.97 Å². The third-order valence-electron chi connectivity index (χ3n) is 4.80. The van der Waals surface area contributed by atoms with E-state index in [0.717, 1.165) is 12.3 Å². The molecule has 0 bridgehead atoms. The maximum absolute atomic E-state index is 12.5. The Kier molecular flexibility index (Phi) is 8.48. The number of halogens is 1. The molecule has 0 radical (unpaired) electrons. The van der Waals surface area contributed by atoms with Gasteiger partial charge in [0.05, 0.1) is 16.7 Å². The Morgan fingerprint density at radius 2 is 1.64 bits per heavy atom. The van der Waals surface area contributed by atoms with E-state index in [1.807, 2.05) is 0 Å². The molecule has 3 aromatic carbocycles. The first-order valence-corrected chi connectivity index (χ1v) is 11.0. The van der Waals surface area contributed by atoms with E-state index in [1.54, 1.807) is 26.0 Å². The van der Waals surface area contributed by atoms with Crippen LogP contribution in [0, 0.1) is 16.0 Å². The van der Waals surface area contributed by atoms with Gasteiger partial charge in [-0.2, -0.15) is 5.10 Å². The second-order valence-electron chi connectivity index (χ2n) is 7.80. The average molecular weight is 509 g/mol. The molecule has 0 fully saturated rings. The summed E-state index contributed by atoms with van der Waals surface area (Å²) >= 11 is 5.83. The molecule has 0 spiro atoms. The number of non-ortho nitro benzene ring substituents is 1. The van der Waals surface area contributed by atoms with Gasteiger partial charge in [0.25, 0.3) is 11.6 Å². The van der Waals surface area contributed by atoms with Crippen molar-refractivity contribution in [2.75, 3.05) is 5.32 Å². The summed E-state index contributed by atoms with van der Waals surface area (Å²) in [4.78, 5) is 47.2. The Morgan fingerprint density at radius 1 is 1.00 bits per heavy atom. The second-order valence-corrected chi connectivity index (χ2v) is 8.23. The number of benzene rings is 3. The highest BCUT2D eigenvalue weighted by atomic mass is 35.5. The quantitative estimate of drug-likeness (QED) is 0.147. The highest BCUT2D eigenvalue weighted by Crippen LogP contribution is 2.24. The average Bonchev–Trinajstić information content (AvgIpc) is 2.85. The Balaban J connectivity index is 1.73. The van der Waals surface area contributed by atoms with E-state index in [1.165, 1.54) is 48.5 Å². The first kappa shape index (κ1) is 26.0. The molecule has 3 rings (SSSR count). The van der Waals surface area contributed by atoms with Crippen molar-refractivity contribution in [3.05, 3.63) is 98.6 Å². The smallest absolute Gasteiger partial charge is 0.343 e. The van der Waals surface area contributed by atoms with Crippen molar-refractivity contribution >= 4 is 47.0 Å². The Labute approximate surface area is 211 Å². The van der Waals surface area contributed by atoms with E-state index in [2.05, 4.69) is 15.8 Å². The number of ether oxygens (including phenoxy) is 1. The lowest BCUT2D eigenvalue weighted by Gasteiger charge is -2.08. The SMILES string of the molecule is CC(C)C(=O)Nc1ccc(C(=O)N/N=C/c2cc([N+](=O)[O-])ccc2OC(=O)c2ccc(Cl)cc2)cc1. The summed E-state index contributed by atoms with van der Waals surface area (Å²) in [6.07, 6.45) is 1.13.